The van der Waals surface area contributed by atoms with Gasteiger partial charge in [-0.3, -0.25) is 0 Å². The van der Waals surface area contributed by atoms with E-state index in [0.717, 1.165) is 5.52 Å². The Morgan fingerprint density at radius 1 is 1.46 bits per heavy atom. The summed E-state index contributed by atoms with van der Waals surface area (Å²) in [6, 6.07) is 5.33. The monoisotopic (exact) mass is 179 g/mol. The Kier molecular flexibility index (Phi) is 1.93. The van der Waals surface area contributed by atoms with E-state index in [2.05, 4.69) is 4.98 Å². The molecule has 0 radical (unpaired) electrons. The predicted octanol–water partition coefficient (Wildman–Crippen LogP) is 2.71. The molecule has 68 valence electrons. The summed E-state index contributed by atoms with van der Waals surface area (Å²) >= 11 is 0. The highest BCUT2D eigenvalue weighted by molar-refractivity contribution is 5.81. The molecule has 2 nitrogen and oxygen atoms in total. The fourth-order valence-electron chi connectivity index (χ4n) is 1.32. The van der Waals surface area contributed by atoms with Gasteiger partial charge in [-0.15, -0.1) is 0 Å². The lowest BCUT2D eigenvalue weighted by molar-refractivity contribution is 0.340. The van der Waals surface area contributed by atoms with Crippen LogP contribution in [-0.4, -0.2) is 11.6 Å². The van der Waals surface area contributed by atoms with Crippen molar-refractivity contribution in [1.29, 1.82) is 0 Å². The topological polar surface area (TPSA) is 25.0 Å². The Morgan fingerprint density at radius 3 is 3.08 bits per heavy atom. The zero-order valence-corrected chi connectivity index (χ0v) is 7.30. The standard InChI is InChI=1S/C10H10FNO/c1-2-13-7-3-4-10-8(5-7)9(11)6-12-10/h3-6,12H,2H2,1H3. The summed E-state index contributed by atoms with van der Waals surface area (Å²) in [4.78, 5) is 2.83. The van der Waals surface area contributed by atoms with Crippen LogP contribution in [0.25, 0.3) is 10.9 Å². The van der Waals surface area contributed by atoms with Crippen LogP contribution < -0.4 is 4.74 Å². The molecule has 0 saturated carbocycles. The number of rotatable bonds is 2. The molecule has 1 aromatic heterocycles. The number of aromatic amines is 1. The smallest absolute Gasteiger partial charge is 0.148 e. The maximum Gasteiger partial charge on any atom is 0.148 e. The quantitative estimate of drug-likeness (QED) is 0.753. The third kappa shape index (κ3) is 1.37. The fourth-order valence-corrected chi connectivity index (χ4v) is 1.32. The number of benzene rings is 1. The van der Waals surface area contributed by atoms with Crippen molar-refractivity contribution in [2.24, 2.45) is 0 Å². The second kappa shape index (κ2) is 3.09. The van der Waals surface area contributed by atoms with Crippen molar-refractivity contribution in [2.45, 2.75) is 6.92 Å². The first kappa shape index (κ1) is 8.10. The Balaban J connectivity index is 2.53. The van der Waals surface area contributed by atoms with Gasteiger partial charge >= 0.3 is 0 Å². The van der Waals surface area contributed by atoms with Crippen LogP contribution in [0.4, 0.5) is 4.39 Å². The van der Waals surface area contributed by atoms with Gasteiger partial charge in [-0.1, -0.05) is 0 Å². The van der Waals surface area contributed by atoms with E-state index in [-0.39, 0.29) is 5.82 Å². The molecule has 0 unspecified atom stereocenters. The van der Waals surface area contributed by atoms with E-state index >= 15 is 0 Å². The van der Waals surface area contributed by atoms with Crippen LogP contribution in [0.1, 0.15) is 6.92 Å². The number of aromatic nitrogens is 1. The van der Waals surface area contributed by atoms with Gasteiger partial charge in [0.25, 0.3) is 0 Å². The van der Waals surface area contributed by atoms with E-state index in [0.29, 0.717) is 17.7 Å². The number of nitrogens with one attached hydrogen (secondary N) is 1. The molecule has 2 aromatic rings. The number of ether oxygens (including phenoxy) is 1. The summed E-state index contributed by atoms with van der Waals surface area (Å²) < 4.78 is 18.3. The number of H-pyrrole nitrogens is 1. The maximum atomic E-state index is 13.1. The van der Waals surface area contributed by atoms with E-state index in [1.54, 1.807) is 6.07 Å². The molecule has 2 rings (SSSR count). The van der Waals surface area contributed by atoms with Gasteiger partial charge in [0.15, 0.2) is 0 Å². The zero-order valence-electron chi connectivity index (χ0n) is 7.30. The first-order chi connectivity index (χ1) is 6.31. The molecular weight excluding hydrogens is 169 g/mol. The van der Waals surface area contributed by atoms with Crippen molar-refractivity contribution in [1.82, 2.24) is 4.98 Å². The first-order valence-corrected chi connectivity index (χ1v) is 4.20. The van der Waals surface area contributed by atoms with Gasteiger partial charge in [0, 0.05) is 17.1 Å². The normalized spacial score (nSPS) is 10.6. The van der Waals surface area contributed by atoms with E-state index in [9.17, 15) is 4.39 Å². The summed E-state index contributed by atoms with van der Waals surface area (Å²) in [5.74, 6) is 0.463. The average molecular weight is 179 g/mol. The molecule has 0 spiro atoms. The molecular formula is C10H10FNO. The van der Waals surface area contributed by atoms with Crippen LogP contribution >= 0.6 is 0 Å². The lowest BCUT2D eigenvalue weighted by Gasteiger charge is -2.01. The molecule has 3 heteroatoms. The number of fused-ring (bicyclic) bond motifs is 1. The number of hydrogen-bond donors (Lipinski definition) is 1. The molecule has 1 N–H and O–H groups in total. The van der Waals surface area contributed by atoms with Gasteiger partial charge in [0.05, 0.1) is 6.61 Å². The van der Waals surface area contributed by atoms with Gasteiger partial charge in [-0.05, 0) is 25.1 Å². The van der Waals surface area contributed by atoms with E-state index < -0.39 is 0 Å². The second-order valence-corrected chi connectivity index (χ2v) is 2.78. The van der Waals surface area contributed by atoms with Gasteiger partial charge in [0.2, 0.25) is 0 Å². The maximum absolute atomic E-state index is 13.1. The van der Waals surface area contributed by atoms with Crippen LogP contribution in [0, 0.1) is 5.82 Å². The van der Waals surface area contributed by atoms with Crippen molar-refractivity contribution < 1.29 is 9.13 Å². The minimum Gasteiger partial charge on any atom is -0.494 e. The summed E-state index contributed by atoms with van der Waals surface area (Å²) in [7, 11) is 0. The third-order valence-electron chi connectivity index (χ3n) is 1.91. The number of halogens is 1. The van der Waals surface area contributed by atoms with E-state index in [1.165, 1.54) is 6.20 Å². The largest absolute Gasteiger partial charge is 0.494 e. The molecule has 13 heavy (non-hydrogen) atoms. The van der Waals surface area contributed by atoms with Crippen LogP contribution in [0.5, 0.6) is 5.75 Å². The molecule has 0 fully saturated rings. The number of hydrogen-bond acceptors (Lipinski definition) is 1. The molecule has 0 aliphatic heterocycles. The van der Waals surface area contributed by atoms with Gasteiger partial charge in [-0.2, -0.15) is 0 Å². The Hall–Kier alpha value is -1.51. The van der Waals surface area contributed by atoms with Crippen LogP contribution in [0.2, 0.25) is 0 Å². The van der Waals surface area contributed by atoms with E-state index in [1.807, 2.05) is 19.1 Å². The summed E-state index contributed by atoms with van der Waals surface area (Å²) in [6.07, 6.45) is 1.35. The van der Waals surface area contributed by atoms with Crippen molar-refractivity contribution in [3.05, 3.63) is 30.2 Å². The van der Waals surface area contributed by atoms with E-state index in [4.69, 9.17) is 4.74 Å². The highest BCUT2D eigenvalue weighted by Gasteiger charge is 2.03. The Bertz CT molecular complexity index is 422. The zero-order chi connectivity index (χ0) is 9.26. The van der Waals surface area contributed by atoms with Crippen LogP contribution in [0.3, 0.4) is 0 Å². The molecule has 0 aliphatic carbocycles. The molecule has 0 atom stereocenters. The highest BCUT2D eigenvalue weighted by Crippen LogP contribution is 2.22. The molecule has 0 aliphatic rings. The first-order valence-electron chi connectivity index (χ1n) is 4.20. The Morgan fingerprint density at radius 2 is 2.31 bits per heavy atom. The lowest BCUT2D eigenvalue weighted by Crippen LogP contribution is -1.90. The summed E-state index contributed by atoms with van der Waals surface area (Å²) in [6.45, 7) is 2.50. The Labute approximate surface area is 75.3 Å². The van der Waals surface area contributed by atoms with Crippen molar-refractivity contribution >= 4 is 10.9 Å². The second-order valence-electron chi connectivity index (χ2n) is 2.78. The predicted molar refractivity (Wildman–Crippen MR) is 49.4 cm³/mol. The molecule has 0 amide bonds. The third-order valence-corrected chi connectivity index (χ3v) is 1.91. The van der Waals surface area contributed by atoms with Gasteiger partial charge in [-0.25, -0.2) is 4.39 Å². The lowest BCUT2D eigenvalue weighted by atomic mass is 10.2. The minimum atomic E-state index is -0.239. The highest BCUT2D eigenvalue weighted by atomic mass is 19.1. The van der Waals surface area contributed by atoms with Crippen molar-refractivity contribution in [3.63, 3.8) is 0 Å². The fraction of sp³-hybridized carbons (Fsp3) is 0.200. The van der Waals surface area contributed by atoms with Crippen molar-refractivity contribution in [2.75, 3.05) is 6.61 Å². The molecule has 1 heterocycles. The minimum absolute atomic E-state index is 0.239. The van der Waals surface area contributed by atoms with Gasteiger partial charge < -0.3 is 9.72 Å². The van der Waals surface area contributed by atoms with Crippen LogP contribution in [0.15, 0.2) is 24.4 Å². The molecule has 0 bridgehead atoms. The molecule has 1 aromatic carbocycles. The summed E-state index contributed by atoms with van der Waals surface area (Å²) in [5.41, 5.74) is 0.793. The SMILES string of the molecule is CCOc1ccc2[nH]cc(F)c2c1. The summed E-state index contributed by atoms with van der Waals surface area (Å²) in [5, 5.41) is 0.575. The van der Waals surface area contributed by atoms with Gasteiger partial charge in [0.1, 0.15) is 11.6 Å². The molecule has 0 saturated heterocycles. The van der Waals surface area contributed by atoms with Crippen LogP contribution in [-0.2, 0) is 0 Å². The van der Waals surface area contributed by atoms with Crippen molar-refractivity contribution in [3.8, 4) is 5.75 Å². The average Bonchev–Trinajstić information content (AvgIpc) is 2.49.